The highest BCUT2D eigenvalue weighted by molar-refractivity contribution is 5.85. The highest BCUT2D eigenvalue weighted by atomic mass is 35.5. The summed E-state index contributed by atoms with van der Waals surface area (Å²) in [5.41, 5.74) is 0.406. The van der Waals surface area contributed by atoms with Crippen LogP contribution in [-0.2, 0) is 4.74 Å². The van der Waals surface area contributed by atoms with E-state index >= 15 is 0 Å². The number of morpholine rings is 1. The topological polar surface area (TPSA) is 36.5 Å². The van der Waals surface area contributed by atoms with E-state index in [-0.39, 0.29) is 12.4 Å². The van der Waals surface area contributed by atoms with Gasteiger partial charge in [0, 0.05) is 30.7 Å². The Morgan fingerprint density at radius 3 is 2.59 bits per heavy atom. The smallest absolute Gasteiger partial charge is 0.0623 e. The van der Waals surface area contributed by atoms with Gasteiger partial charge in [0.25, 0.3) is 0 Å². The fourth-order valence-electron chi connectivity index (χ4n) is 4.72. The zero-order valence-electron chi connectivity index (χ0n) is 14.3. The van der Waals surface area contributed by atoms with Crippen LogP contribution in [0.25, 0.3) is 0 Å². The number of halogens is 1. The lowest BCUT2D eigenvalue weighted by Crippen LogP contribution is -2.55. The fourth-order valence-corrected chi connectivity index (χ4v) is 4.72. The third-order valence-corrected chi connectivity index (χ3v) is 6.21. The van der Waals surface area contributed by atoms with Gasteiger partial charge in [-0.05, 0) is 45.7 Å². The first-order valence-corrected chi connectivity index (χ1v) is 8.93. The van der Waals surface area contributed by atoms with Crippen molar-refractivity contribution in [3.8, 4) is 0 Å². The van der Waals surface area contributed by atoms with Crippen LogP contribution >= 0.6 is 12.4 Å². The molecule has 0 radical (unpaired) electrons. The Balaban J connectivity index is 0.00000176. The summed E-state index contributed by atoms with van der Waals surface area (Å²) in [4.78, 5) is 2.47. The number of nitrogens with zero attached hydrogens (tertiary/aromatic N) is 1. The van der Waals surface area contributed by atoms with Gasteiger partial charge in [-0.15, -0.1) is 12.4 Å². The quantitative estimate of drug-likeness (QED) is 0.808. The standard InChI is InChI=1S/C17H33N3O.ClH/c1-20(2)17(8-3-4-9-17)13-19-15-7-5-6-14(15)16-12-21-11-10-18-16;/h14-16,18-19H,3-13H2,1-2H3;1H. The summed E-state index contributed by atoms with van der Waals surface area (Å²) < 4.78 is 5.68. The van der Waals surface area contributed by atoms with E-state index in [0.717, 1.165) is 32.2 Å². The third kappa shape index (κ3) is 3.96. The van der Waals surface area contributed by atoms with E-state index in [1.165, 1.54) is 44.9 Å². The molecule has 1 heterocycles. The molecule has 4 nitrogen and oxygen atoms in total. The molecule has 2 N–H and O–H groups in total. The normalized spacial score (nSPS) is 34.8. The first-order chi connectivity index (χ1) is 10.2. The number of nitrogens with one attached hydrogen (secondary N) is 2. The van der Waals surface area contributed by atoms with Crippen LogP contribution in [-0.4, -0.2) is 62.9 Å². The van der Waals surface area contributed by atoms with Gasteiger partial charge < -0.3 is 20.3 Å². The molecule has 0 aromatic heterocycles. The maximum atomic E-state index is 5.68. The molecule has 3 aliphatic rings. The minimum Gasteiger partial charge on any atom is -0.379 e. The molecule has 3 fully saturated rings. The summed E-state index contributed by atoms with van der Waals surface area (Å²) in [5.74, 6) is 0.755. The molecule has 22 heavy (non-hydrogen) atoms. The Labute approximate surface area is 142 Å². The Hall–Kier alpha value is 0.130. The van der Waals surface area contributed by atoms with E-state index in [4.69, 9.17) is 4.74 Å². The van der Waals surface area contributed by atoms with Crippen molar-refractivity contribution in [2.24, 2.45) is 5.92 Å². The second-order valence-electron chi connectivity index (χ2n) is 7.54. The Kier molecular flexibility index (Phi) is 6.96. The van der Waals surface area contributed by atoms with Crippen molar-refractivity contribution in [3.63, 3.8) is 0 Å². The van der Waals surface area contributed by atoms with Gasteiger partial charge in [0.15, 0.2) is 0 Å². The van der Waals surface area contributed by atoms with Gasteiger partial charge in [0.05, 0.1) is 13.2 Å². The molecule has 3 atom stereocenters. The van der Waals surface area contributed by atoms with Crippen LogP contribution in [0.1, 0.15) is 44.9 Å². The van der Waals surface area contributed by atoms with Crippen LogP contribution in [0.5, 0.6) is 0 Å². The molecule has 0 amide bonds. The first kappa shape index (κ1) is 18.5. The summed E-state index contributed by atoms with van der Waals surface area (Å²) in [6, 6.07) is 1.25. The lowest BCUT2D eigenvalue weighted by Gasteiger charge is -2.39. The second kappa shape index (κ2) is 8.29. The second-order valence-corrected chi connectivity index (χ2v) is 7.54. The number of ether oxygens (including phenoxy) is 1. The van der Waals surface area contributed by atoms with Gasteiger partial charge in [-0.25, -0.2) is 0 Å². The highest BCUT2D eigenvalue weighted by Crippen LogP contribution is 2.35. The zero-order chi connectivity index (χ0) is 14.7. The molecule has 130 valence electrons. The molecule has 0 spiro atoms. The molecular weight excluding hydrogens is 298 g/mol. The van der Waals surface area contributed by atoms with Crippen molar-refractivity contribution in [2.75, 3.05) is 40.4 Å². The van der Waals surface area contributed by atoms with Gasteiger partial charge in [-0.3, -0.25) is 0 Å². The van der Waals surface area contributed by atoms with Gasteiger partial charge in [-0.2, -0.15) is 0 Å². The molecule has 0 bridgehead atoms. The Bertz CT molecular complexity index is 328. The molecule has 0 aromatic carbocycles. The lowest BCUT2D eigenvalue weighted by molar-refractivity contribution is 0.0507. The van der Waals surface area contributed by atoms with E-state index in [0.29, 0.717) is 17.6 Å². The fraction of sp³-hybridized carbons (Fsp3) is 1.00. The molecule has 3 unspecified atom stereocenters. The van der Waals surface area contributed by atoms with Crippen molar-refractivity contribution in [2.45, 2.75) is 62.6 Å². The zero-order valence-corrected chi connectivity index (χ0v) is 15.1. The number of hydrogen-bond donors (Lipinski definition) is 2. The summed E-state index contributed by atoms with van der Waals surface area (Å²) in [6.07, 6.45) is 9.57. The lowest BCUT2D eigenvalue weighted by atomic mass is 9.91. The number of rotatable bonds is 5. The number of likely N-dealkylation sites (N-methyl/N-ethyl adjacent to an activating group) is 1. The van der Waals surface area contributed by atoms with Crippen LogP contribution in [0.4, 0.5) is 0 Å². The average Bonchev–Trinajstić information content (AvgIpc) is 3.16. The minimum atomic E-state index is 0. The van der Waals surface area contributed by atoms with E-state index in [9.17, 15) is 0 Å². The minimum absolute atomic E-state index is 0. The molecule has 0 aromatic rings. The van der Waals surface area contributed by atoms with Crippen LogP contribution in [0.3, 0.4) is 0 Å². The summed E-state index contributed by atoms with van der Waals surface area (Å²) in [6.45, 7) is 3.97. The van der Waals surface area contributed by atoms with E-state index in [1.807, 2.05) is 0 Å². The van der Waals surface area contributed by atoms with Crippen LogP contribution < -0.4 is 10.6 Å². The first-order valence-electron chi connectivity index (χ1n) is 8.93. The van der Waals surface area contributed by atoms with E-state index < -0.39 is 0 Å². The van der Waals surface area contributed by atoms with Gasteiger partial charge in [-0.1, -0.05) is 19.3 Å². The maximum absolute atomic E-state index is 5.68. The molecule has 1 aliphatic heterocycles. The predicted octanol–water partition coefficient (Wildman–Crippen LogP) is 2.03. The maximum Gasteiger partial charge on any atom is 0.0623 e. The molecule has 2 aliphatic carbocycles. The van der Waals surface area contributed by atoms with Crippen molar-refractivity contribution < 1.29 is 4.74 Å². The average molecular weight is 332 g/mol. The van der Waals surface area contributed by atoms with Crippen LogP contribution in [0.15, 0.2) is 0 Å². The summed E-state index contributed by atoms with van der Waals surface area (Å²) in [7, 11) is 4.52. The predicted molar refractivity (Wildman–Crippen MR) is 93.9 cm³/mol. The van der Waals surface area contributed by atoms with Crippen molar-refractivity contribution in [1.29, 1.82) is 0 Å². The van der Waals surface area contributed by atoms with Gasteiger partial charge in [0.1, 0.15) is 0 Å². The van der Waals surface area contributed by atoms with Crippen molar-refractivity contribution in [1.82, 2.24) is 15.5 Å². The molecule has 5 heteroatoms. The van der Waals surface area contributed by atoms with Crippen molar-refractivity contribution in [3.05, 3.63) is 0 Å². The van der Waals surface area contributed by atoms with Crippen LogP contribution in [0, 0.1) is 5.92 Å². The largest absolute Gasteiger partial charge is 0.379 e. The molecular formula is C17H34ClN3O. The van der Waals surface area contributed by atoms with E-state index in [1.54, 1.807) is 0 Å². The molecule has 3 rings (SSSR count). The Morgan fingerprint density at radius 2 is 1.95 bits per heavy atom. The van der Waals surface area contributed by atoms with Crippen molar-refractivity contribution >= 4 is 12.4 Å². The molecule has 2 saturated carbocycles. The summed E-state index contributed by atoms with van der Waals surface area (Å²) in [5, 5.41) is 7.63. The van der Waals surface area contributed by atoms with Crippen LogP contribution in [0.2, 0.25) is 0 Å². The van der Waals surface area contributed by atoms with E-state index in [2.05, 4.69) is 29.6 Å². The SMILES string of the molecule is CN(C)C1(CNC2CCCC2C2COCCN2)CCCC1.Cl. The highest BCUT2D eigenvalue weighted by Gasteiger charge is 2.39. The van der Waals surface area contributed by atoms with Gasteiger partial charge >= 0.3 is 0 Å². The Morgan fingerprint density at radius 1 is 1.18 bits per heavy atom. The monoisotopic (exact) mass is 331 g/mol. The number of hydrogen-bond acceptors (Lipinski definition) is 4. The van der Waals surface area contributed by atoms with Gasteiger partial charge in [0.2, 0.25) is 0 Å². The molecule has 1 saturated heterocycles. The summed E-state index contributed by atoms with van der Waals surface area (Å²) >= 11 is 0. The third-order valence-electron chi connectivity index (χ3n) is 6.21.